The van der Waals surface area contributed by atoms with Crippen molar-refractivity contribution < 1.29 is 14.3 Å². The molecular formula is C15H16ClN5O5S. The van der Waals surface area contributed by atoms with Gasteiger partial charge in [-0.25, -0.2) is 15.3 Å². The highest BCUT2D eigenvalue weighted by Crippen LogP contribution is 2.36. The van der Waals surface area contributed by atoms with Gasteiger partial charge < -0.3 is 9.47 Å². The minimum Gasteiger partial charge on any atom is -0.493 e. The Labute approximate surface area is 162 Å². The number of nitrogens with zero attached hydrogens (tertiary/aromatic N) is 2. The monoisotopic (exact) mass is 413 g/mol. The van der Waals surface area contributed by atoms with Gasteiger partial charge >= 0.3 is 5.69 Å². The van der Waals surface area contributed by atoms with Gasteiger partial charge in [0.05, 0.1) is 30.7 Å². The van der Waals surface area contributed by atoms with E-state index >= 15 is 0 Å². The Bertz CT molecular complexity index is 974. The minimum atomic E-state index is -0.724. The molecule has 0 radical (unpaired) electrons. The number of carbonyl (C=O) groups is 1. The van der Waals surface area contributed by atoms with Gasteiger partial charge in [-0.05, 0) is 19.1 Å². The third kappa shape index (κ3) is 5.11. The molecule has 0 saturated carbocycles. The van der Waals surface area contributed by atoms with Crippen LogP contribution >= 0.6 is 23.4 Å². The Morgan fingerprint density at radius 1 is 1.37 bits per heavy atom. The number of nitrogens with one attached hydrogen (secondary N) is 3. The van der Waals surface area contributed by atoms with Crippen LogP contribution in [0.3, 0.4) is 0 Å². The van der Waals surface area contributed by atoms with Crippen LogP contribution in [-0.2, 0) is 4.79 Å². The molecule has 1 aromatic carbocycles. The van der Waals surface area contributed by atoms with Crippen LogP contribution in [0.15, 0.2) is 31.8 Å². The van der Waals surface area contributed by atoms with Crippen molar-refractivity contribution in [2.45, 2.75) is 17.2 Å². The zero-order chi connectivity index (χ0) is 20.0. The molecule has 12 heteroatoms. The number of hydrogen-bond donors (Lipinski definition) is 3. The zero-order valence-corrected chi connectivity index (χ0v) is 16.1. The number of methoxy groups -OCH3 is 2. The van der Waals surface area contributed by atoms with Crippen molar-refractivity contribution >= 4 is 35.5 Å². The van der Waals surface area contributed by atoms with Gasteiger partial charge in [-0.3, -0.25) is 14.6 Å². The van der Waals surface area contributed by atoms with Crippen LogP contribution in [0.4, 0.5) is 0 Å². The summed E-state index contributed by atoms with van der Waals surface area (Å²) in [6.07, 6.45) is 1.35. The first-order valence-corrected chi connectivity index (χ1v) is 8.72. The van der Waals surface area contributed by atoms with Crippen LogP contribution in [0.2, 0.25) is 5.02 Å². The second-order valence-electron chi connectivity index (χ2n) is 5.01. The molecule has 0 aliphatic heterocycles. The van der Waals surface area contributed by atoms with Gasteiger partial charge in [0.15, 0.2) is 16.5 Å². The summed E-state index contributed by atoms with van der Waals surface area (Å²) in [6.45, 7) is 1.56. The number of hydrazone groups is 1. The fourth-order valence-corrected chi connectivity index (χ4v) is 2.93. The summed E-state index contributed by atoms with van der Waals surface area (Å²) in [6, 6.07) is 3.31. The molecule has 1 amide bonds. The first-order valence-electron chi connectivity index (χ1n) is 7.46. The van der Waals surface area contributed by atoms with E-state index < -0.39 is 22.4 Å². The average Bonchev–Trinajstić information content (AvgIpc) is 2.64. The maximum Gasteiger partial charge on any atom is 0.342 e. The first kappa shape index (κ1) is 20.5. The van der Waals surface area contributed by atoms with Crippen molar-refractivity contribution in [2.24, 2.45) is 5.10 Å². The number of hydrogen-bond acceptors (Lipinski definition) is 8. The lowest BCUT2D eigenvalue weighted by atomic mass is 10.2. The lowest BCUT2D eigenvalue weighted by molar-refractivity contribution is -0.120. The largest absolute Gasteiger partial charge is 0.493 e. The minimum absolute atomic E-state index is 0.0378. The molecule has 1 aromatic heterocycles. The van der Waals surface area contributed by atoms with E-state index in [9.17, 15) is 14.4 Å². The van der Waals surface area contributed by atoms with E-state index in [1.807, 2.05) is 4.98 Å². The molecule has 0 bridgehead atoms. The molecule has 27 heavy (non-hydrogen) atoms. The van der Waals surface area contributed by atoms with Crippen LogP contribution in [-0.4, -0.2) is 46.8 Å². The third-order valence-corrected chi connectivity index (χ3v) is 4.69. The van der Waals surface area contributed by atoms with Crippen LogP contribution in [0, 0.1) is 0 Å². The molecule has 1 heterocycles. The molecule has 0 saturated heterocycles. The average molecular weight is 414 g/mol. The molecule has 1 atom stereocenters. The quantitative estimate of drug-likeness (QED) is 0.346. The van der Waals surface area contributed by atoms with Gasteiger partial charge in [-0.1, -0.05) is 23.4 Å². The molecule has 2 rings (SSSR count). The Hall–Kier alpha value is -2.79. The van der Waals surface area contributed by atoms with E-state index in [-0.39, 0.29) is 10.0 Å². The van der Waals surface area contributed by atoms with Crippen molar-refractivity contribution in [2.75, 3.05) is 14.2 Å². The Kier molecular flexibility index (Phi) is 7.02. The summed E-state index contributed by atoms with van der Waals surface area (Å²) >= 11 is 7.09. The Morgan fingerprint density at radius 3 is 2.74 bits per heavy atom. The molecule has 0 fully saturated rings. The number of benzene rings is 1. The summed E-state index contributed by atoms with van der Waals surface area (Å²) in [5, 5.41) is 9.09. The molecule has 144 valence electrons. The van der Waals surface area contributed by atoms with Gasteiger partial charge in [0.1, 0.15) is 0 Å². The second kappa shape index (κ2) is 9.24. The SMILES string of the molecule is COc1ccc(/C=N/NC(=O)C(C)Sc2n[nH]c(=O)[nH]c2=O)c(Cl)c1OC. The number of amides is 1. The Morgan fingerprint density at radius 2 is 2.11 bits per heavy atom. The normalized spacial score (nSPS) is 12.0. The van der Waals surface area contributed by atoms with Crippen LogP contribution < -0.4 is 26.1 Å². The zero-order valence-electron chi connectivity index (χ0n) is 14.5. The molecule has 0 aliphatic rings. The Balaban J connectivity index is 2.04. The fraction of sp³-hybridized carbons (Fsp3) is 0.267. The predicted molar refractivity (Wildman–Crippen MR) is 101 cm³/mol. The summed E-state index contributed by atoms with van der Waals surface area (Å²) < 4.78 is 10.3. The molecule has 0 spiro atoms. The van der Waals surface area contributed by atoms with E-state index in [1.54, 1.807) is 19.1 Å². The maximum atomic E-state index is 12.1. The van der Waals surface area contributed by atoms with Crippen molar-refractivity contribution in [1.29, 1.82) is 0 Å². The number of ether oxygens (including phenoxy) is 2. The van der Waals surface area contributed by atoms with Crippen LogP contribution in [0.25, 0.3) is 0 Å². The summed E-state index contributed by atoms with van der Waals surface area (Å²) in [4.78, 5) is 36.6. The van der Waals surface area contributed by atoms with Gasteiger partial charge in [0.2, 0.25) is 0 Å². The van der Waals surface area contributed by atoms with Crippen molar-refractivity contribution in [3.8, 4) is 11.5 Å². The lowest BCUT2D eigenvalue weighted by Crippen LogP contribution is -2.30. The van der Waals surface area contributed by atoms with Gasteiger partial charge in [-0.2, -0.15) is 10.2 Å². The molecule has 3 N–H and O–H groups in total. The van der Waals surface area contributed by atoms with Crippen molar-refractivity contribution in [3.63, 3.8) is 0 Å². The van der Waals surface area contributed by atoms with E-state index in [0.717, 1.165) is 11.8 Å². The summed E-state index contributed by atoms with van der Waals surface area (Å²) in [7, 11) is 2.95. The highest BCUT2D eigenvalue weighted by atomic mass is 35.5. The van der Waals surface area contributed by atoms with E-state index in [1.165, 1.54) is 20.4 Å². The topological polar surface area (TPSA) is 139 Å². The van der Waals surface area contributed by atoms with E-state index in [0.29, 0.717) is 17.1 Å². The lowest BCUT2D eigenvalue weighted by Gasteiger charge is -2.11. The summed E-state index contributed by atoms with van der Waals surface area (Å²) in [5.41, 5.74) is 1.45. The number of halogens is 1. The molecule has 0 aliphatic carbocycles. The smallest absolute Gasteiger partial charge is 0.342 e. The van der Waals surface area contributed by atoms with Gasteiger partial charge in [0.25, 0.3) is 11.5 Å². The molecule has 2 aromatic rings. The van der Waals surface area contributed by atoms with Gasteiger partial charge in [-0.15, -0.1) is 0 Å². The highest BCUT2D eigenvalue weighted by Gasteiger charge is 2.17. The summed E-state index contributed by atoms with van der Waals surface area (Å²) in [5.74, 6) is 0.342. The fourth-order valence-electron chi connectivity index (χ4n) is 1.90. The number of aromatic amines is 2. The molecular weight excluding hydrogens is 398 g/mol. The van der Waals surface area contributed by atoms with Crippen LogP contribution in [0.5, 0.6) is 11.5 Å². The molecule has 1 unspecified atom stereocenters. The number of rotatable bonds is 7. The van der Waals surface area contributed by atoms with Crippen molar-refractivity contribution in [1.82, 2.24) is 20.6 Å². The number of aromatic nitrogens is 3. The maximum absolute atomic E-state index is 12.1. The molecule has 10 nitrogen and oxygen atoms in total. The third-order valence-electron chi connectivity index (χ3n) is 3.23. The van der Waals surface area contributed by atoms with Crippen molar-refractivity contribution in [3.05, 3.63) is 43.6 Å². The first-order chi connectivity index (χ1) is 12.9. The highest BCUT2D eigenvalue weighted by molar-refractivity contribution is 8.00. The van der Waals surface area contributed by atoms with Gasteiger partial charge in [0, 0.05) is 5.56 Å². The number of H-pyrrole nitrogens is 2. The number of carbonyl (C=O) groups excluding carboxylic acids is 1. The standard InChI is InChI=1S/C15H16ClN5O5S/c1-7(27-14-13(23)18-15(24)21-20-14)12(22)19-17-6-8-4-5-9(25-2)11(26-3)10(8)16/h4-7H,1-3H3,(H,19,22)(H2,18,21,23,24)/b17-6+. The van der Waals surface area contributed by atoms with E-state index in [4.69, 9.17) is 21.1 Å². The van der Waals surface area contributed by atoms with Crippen LogP contribution in [0.1, 0.15) is 12.5 Å². The van der Waals surface area contributed by atoms with E-state index in [2.05, 4.69) is 20.7 Å². The second-order valence-corrected chi connectivity index (χ2v) is 6.72. The number of thioether (sulfide) groups is 1. The predicted octanol–water partition coefficient (Wildman–Crippen LogP) is 0.760.